The lowest BCUT2D eigenvalue weighted by atomic mass is 9.87. The maximum atomic E-state index is 14.1. The first-order valence-corrected chi connectivity index (χ1v) is 5.93. The molecule has 3 nitrogen and oxygen atoms in total. The largest absolute Gasteiger partial charge is 0.494 e. The molecule has 18 heavy (non-hydrogen) atoms. The zero-order valence-corrected chi connectivity index (χ0v) is 11.6. The van der Waals surface area contributed by atoms with E-state index >= 15 is 0 Å². The Balaban J connectivity index is 3.26. The van der Waals surface area contributed by atoms with Gasteiger partial charge in [-0.2, -0.15) is 0 Å². The Bertz CT molecular complexity index is 445. The average Bonchev–Trinajstić information content (AvgIpc) is 2.37. The van der Waals surface area contributed by atoms with Gasteiger partial charge in [0.2, 0.25) is 0 Å². The molecule has 0 aliphatic carbocycles. The summed E-state index contributed by atoms with van der Waals surface area (Å²) < 4.78 is 19.0. The van der Waals surface area contributed by atoms with Gasteiger partial charge in [0.05, 0.1) is 18.2 Å². The normalized spacial score (nSPS) is 14.4. The molecule has 0 bridgehead atoms. The number of methoxy groups -OCH3 is 1. The van der Waals surface area contributed by atoms with Crippen molar-refractivity contribution in [3.8, 4) is 5.75 Å². The molecular weight excluding hydrogens is 233 g/mol. The van der Waals surface area contributed by atoms with Crippen LogP contribution in [0.25, 0.3) is 0 Å². The van der Waals surface area contributed by atoms with Gasteiger partial charge in [0.15, 0.2) is 17.3 Å². The minimum atomic E-state index is -0.715. The van der Waals surface area contributed by atoms with Gasteiger partial charge in [-0.05, 0) is 39.6 Å². The van der Waals surface area contributed by atoms with Gasteiger partial charge in [-0.1, -0.05) is 13.0 Å². The molecule has 0 amide bonds. The third-order valence-electron chi connectivity index (χ3n) is 3.59. The lowest BCUT2D eigenvalue weighted by Gasteiger charge is -2.34. The minimum absolute atomic E-state index is 0.0763. The van der Waals surface area contributed by atoms with Crippen molar-refractivity contribution in [3.63, 3.8) is 0 Å². The topological polar surface area (TPSA) is 29.5 Å². The van der Waals surface area contributed by atoms with Gasteiger partial charge in [-0.25, -0.2) is 4.39 Å². The van der Waals surface area contributed by atoms with Crippen molar-refractivity contribution in [2.75, 3.05) is 21.2 Å². The maximum Gasteiger partial charge on any atom is 0.185 e. The summed E-state index contributed by atoms with van der Waals surface area (Å²) in [6.07, 6.45) is 0.607. The molecule has 0 heterocycles. The summed E-state index contributed by atoms with van der Waals surface area (Å²) in [6, 6.07) is 4.63. The van der Waals surface area contributed by atoms with Crippen LogP contribution in [0.1, 0.15) is 30.6 Å². The van der Waals surface area contributed by atoms with Gasteiger partial charge >= 0.3 is 0 Å². The van der Waals surface area contributed by atoms with Gasteiger partial charge in [-0.3, -0.25) is 9.69 Å². The Labute approximate surface area is 108 Å². The molecule has 0 spiro atoms. The van der Waals surface area contributed by atoms with Crippen LogP contribution in [0.2, 0.25) is 0 Å². The molecule has 0 aliphatic rings. The lowest BCUT2D eigenvalue weighted by Crippen LogP contribution is -2.48. The molecule has 0 N–H and O–H groups in total. The number of carbonyl (C=O) groups excluding carboxylic acids is 1. The van der Waals surface area contributed by atoms with Gasteiger partial charge < -0.3 is 4.74 Å². The van der Waals surface area contributed by atoms with Crippen molar-refractivity contribution in [1.29, 1.82) is 0 Å². The highest BCUT2D eigenvalue weighted by Crippen LogP contribution is 2.27. The number of benzene rings is 1. The number of likely N-dealkylation sites (N-methyl/N-ethyl adjacent to an activating group) is 1. The van der Waals surface area contributed by atoms with E-state index in [1.165, 1.54) is 19.2 Å². The van der Waals surface area contributed by atoms with E-state index in [9.17, 15) is 9.18 Å². The number of Topliss-reactive ketones (excluding diaryl/α,β-unsaturated/α-hetero) is 1. The van der Waals surface area contributed by atoms with E-state index in [1.807, 2.05) is 32.8 Å². The van der Waals surface area contributed by atoms with E-state index < -0.39 is 11.4 Å². The molecule has 100 valence electrons. The number of hydrogen-bond acceptors (Lipinski definition) is 3. The second-order valence-corrected chi connectivity index (χ2v) is 4.67. The van der Waals surface area contributed by atoms with Crippen LogP contribution >= 0.6 is 0 Å². The first-order chi connectivity index (χ1) is 8.38. The van der Waals surface area contributed by atoms with Crippen LogP contribution < -0.4 is 4.74 Å². The monoisotopic (exact) mass is 253 g/mol. The fraction of sp³-hybridized carbons (Fsp3) is 0.500. The molecule has 1 atom stereocenters. The highest BCUT2D eigenvalue weighted by Gasteiger charge is 2.36. The van der Waals surface area contributed by atoms with Crippen molar-refractivity contribution >= 4 is 5.78 Å². The Kier molecular flexibility index (Phi) is 4.46. The second kappa shape index (κ2) is 5.48. The third kappa shape index (κ3) is 2.38. The summed E-state index contributed by atoms with van der Waals surface area (Å²) in [7, 11) is 5.02. The minimum Gasteiger partial charge on any atom is -0.494 e. The van der Waals surface area contributed by atoms with Crippen molar-refractivity contribution in [2.45, 2.75) is 25.8 Å². The number of halogens is 1. The van der Waals surface area contributed by atoms with E-state index in [4.69, 9.17) is 4.74 Å². The number of ketones is 1. The van der Waals surface area contributed by atoms with Gasteiger partial charge in [0, 0.05) is 0 Å². The van der Waals surface area contributed by atoms with Crippen LogP contribution in [0.5, 0.6) is 5.75 Å². The number of ether oxygens (including phenoxy) is 1. The van der Waals surface area contributed by atoms with Gasteiger partial charge in [0.25, 0.3) is 0 Å². The Morgan fingerprint density at radius 3 is 2.50 bits per heavy atom. The molecule has 0 aliphatic heterocycles. The van der Waals surface area contributed by atoms with E-state index in [1.54, 1.807) is 6.07 Å². The molecule has 0 aromatic heterocycles. The van der Waals surface area contributed by atoms with Crippen molar-refractivity contribution in [2.24, 2.45) is 0 Å². The standard InChI is InChI=1S/C14H20FNO2/c1-6-14(2,16(3)4)13(17)10-8-7-9-11(18-5)12(10)15/h7-9H,6H2,1-5H3. The molecule has 1 aromatic carbocycles. The highest BCUT2D eigenvalue weighted by atomic mass is 19.1. The first-order valence-electron chi connectivity index (χ1n) is 5.93. The predicted molar refractivity (Wildman–Crippen MR) is 69.7 cm³/mol. The summed E-state index contributed by atoms with van der Waals surface area (Å²) in [5.41, 5.74) is -0.639. The highest BCUT2D eigenvalue weighted by molar-refractivity contribution is 6.03. The van der Waals surface area contributed by atoms with Crippen LogP contribution in [-0.4, -0.2) is 37.4 Å². The Morgan fingerprint density at radius 2 is 2.06 bits per heavy atom. The van der Waals surface area contributed by atoms with Crippen LogP contribution in [0.3, 0.4) is 0 Å². The maximum absolute atomic E-state index is 14.1. The summed E-state index contributed by atoms with van der Waals surface area (Å²) >= 11 is 0. The fourth-order valence-corrected chi connectivity index (χ4v) is 1.81. The molecule has 0 saturated carbocycles. The quantitative estimate of drug-likeness (QED) is 0.756. The van der Waals surface area contributed by atoms with Gasteiger partial charge in [0.1, 0.15) is 0 Å². The summed E-state index contributed by atoms with van der Waals surface area (Å²) in [6.45, 7) is 3.73. The first kappa shape index (κ1) is 14.6. The number of hydrogen-bond donors (Lipinski definition) is 0. The number of carbonyl (C=O) groups is 1. The summed E-state index contributed by atoms with van der Waals surface area (Å²) in [4.78, 5) is 14.3. The molecule has 4 heteroatoms. The van der Waals surface area contributed by atoms with Crippen LogP contribution in [-0.2, 0) is 0 Å². The smallest absolute Gasteiger partial charge is 0.185 e. The van der Waals surface area contributed by atoms with Crippen molar-refractivity contribution in [1.82, 2.24) is 4.90 Å². The van der Waals surface area contributed by atoms with Crippen molar-refractivity contribution < 1.29 is 13.9 Å². The molecule has 0 fully saturated rings. The van der Waals surface area contributed by atoms with E-state index in [0.717, 1.165) is 0 Å². The Morgan fingerprint density at radius 1 is 1.44 bits per heavy atom. The molecule has 1 rings (SSSR count). The van der Waals surface area contributed by atoms with Crippen LogP contribution in [0.15, 0.2) is 18.2 Å². The third-order valence-corrected chi connectivity index (χ3v) is 3.59. The van der Waals surface area contributed by atoms with Crippen LogP contribution in [0, 0.1) is 5.82 Å². The fourth-order valence-electron chi connectivity index (χ4n) is 1.81. The van der Waals surface area contributed by atoms with E-state index in [0.29, 0.717) is 6.42 Å². The lowest BCUT2D eigenvalue weighted by molar-refractivity contribution is 0.0705. The summed E-state index contributed by atoms with van der Waals surface area (Å²) in [5, 5.41) is 0. The van der Waals surface area contributed by atoms with E-state index in [2.05, 4.69) is 0 Å². The molecular formula is C14H20FNO2. The summed E-state index contributed by atoms with van der Waals surface area (Å²) in [5.74, 6) is -0.726. The van der Waals surface area contributed by atoms with E-state index in [-0.39, 0.29) is 17.1 Å². The second-order valence-electron chi connectivity index (χ2n) is 4.67. The molecule has 0 radical (unpaired) electrons. The van der Waals surface area contributed by atoms with Gasteiger partial charge in [-0.15, -0.1) is 0 Å². The zero-order valence-electron chi connectivity index (χ0n) is 11.6. The molecule has 0 saturated heterocycles. The molecule has 1 unspecified atom stereocenters. The average molecular weight is 253 g/mol. The van der Waals surface area contributed by atoms with Crippen molar-refractivity contribution in [3.05, 3.63) is 29.6 Å². The predicted octanol–water partition coefficient (Wildman–Crippen LogP) is 2.75. The molecule has 1 aromatic rings. The number of nitrogens with zero attached hydrogens (tertiary/aromatic N) is 1. The zero-order chi connectivity index (χ0) is 13.9. The SMILES string of the molecule is CCC(C)(C(=O)c1cccc(OC)c1F)N(C)C. The Hall–Kier alpha value is -1.42. The number of rotatable bonds is 5. The van der Waals surface area contributed by atoms with Crippen LogP contribution in [0.4, 0.5) is 4.39 Å².